The fourth-order valence-electron chi connectivity index (χ4n) is 7.20. The van der Waals surface area contributed by atoms with Gasteiger partial charge in [0, 0.05) is 31.0 Å². The third kappa shape index (κ3) is 8.29. The van der Waals surface area contributed by atoms with E-state index in [1.54, 1.807) is 29.1 Å². The van der Waals surface area contributed by atoms with Crippen LogP contribution in [0.25, 0.3) is 22.2 Å². The van der Waals surface area contributed by atoms with Crippen LogP contribution in [0.2, 0.25) is 0 Å². The van der Waals surface area contributed by atoms with Crippen LogP contribution in [0.4, 0.5) is 9.59 Å². The average Bonchev–Trinajstić information content (AvgIpc) is 4.01. The van der Waals surface area contributed by atoms with Crippen molar-refractivity contribution in [3.05, 3.63) is 60.0 Å². The highest BCUT2D eigenvalue weighted by Crippen LogP contribution is 2.34. The Balaban J connectivity index is 1.14. The zero-order valence-electron chi connectivity index (χ0n) is 31.9. The molecule has 292 valence electrons. The number of methoxy groups -OCH3 is 1. The molecule has 4 aromatic rings. The molecule has 4 unspecified atom stereocenters. The number of carbonyl (C=O) groups excluding carboxylic acids is 5. The van der Waals surface area contributed by atoms with Crippen LogP contribution in [0.15, 0.2) is 36.8 Å². The number of likely N-dealkylation sites (tertiary alicyclic amines) is 2. The number of nitrogens with one attached hydrogen (secondary N) is 4. The van der Waals surface area contributed by atoms with Gasteiger partial charge in [-0.3, -0.25) is 14.4 Å². The summed E-state index contributed by atoms with van der Waals surface area (Å²) in [5.74, 6) is -0.0703. The van der Waals surface area contributed by atoms with Crippen molar-refractivity contribution in [1.29, 1.82) is 0 Å². The highest BCUT2D eigenvalue weighted by Gasteiger charge is 2.39. The second kappa shape index (κ2) is 16.7. The molecular formula is C38H48N10O7. The van der Waals surface area contributed by atoms with E-state index in [-0.39, 0.29) is 47.8 Å². The largest absolute Gasteiger partial charge is 0.453 e. The Bertz CT molecular complexity index is 2040. The SMILES string of the molecule is CCOC(=O)NC(C(=O)N1CCCC1c1nc2ccc(-c3cnc(C(=O)c4cnc(C5CCCN5C(=O)C(NC(=O)OC)C(C)C)[nH]4)nc3)cc2[nH]1)C(C)C. The van der Waals surface area contributed by atoms with Crippen molar-refractivity contribution in [2.75, 3.05) is 26.8 Å². The van der Waals surface area contributed by atoms with E-state index >= 15 is 0 Å². The minimum atomic E-state index is -0.772. The van der Waals surface area contributed by atoms with Gasteiger partial charge in [0.1, 0.15) is 29.4 Å². The Morgan fingerprint density at radius 2 is 1.40 bits per heavy atom. The predicted octanol–water partition coefficient (Wildman–Crippen LogP) is 4.45. The molecule has 2 aliphatic heterocycles. The Hall–Kier alpha value is -5.87. The molecule has 4 atom stereocenters. The van der Waals surface area contributed by atoms with E-state index < -0.39 is 36.1 Å². The molecule has 6 rings (SSSR count). The Kier molecular flexibility index (Phi) is 11.8. The summed E-state index contributed by atoms with van der Waals surface area (Å²) in [7, 11) is 1.25. The van der Waals surface area contributed by atoms with Gasteiger partial charge in [0.15, 0.2) is 0 Å². The number of ketones is 1. The van der Waals surface area contributed by atoms with Gasteiger partial charge < -0.3 is 39.9 Å². The minimum Gasteiger partial charge on any atom is -0.453 e. The summed E-state index contributed by atoms with van der Waals surface area (Å²) >= 11 is 0. The first-order valence-electron chi connectivity index (χ1n) is 18.7. The van der Waals surface area contributed by atoms with Gasteiger partial charge in [0.05, 0.1) is 43.0 Å². The number of hydrogen-bond donors (Lipinski definition) is 4. The van der Waals surface area contributed by atoms with Gasteiger partial charge in [-0.1, -0.05) is 33.8 Å². The van der Waals surface area contributed by atoms with Crippen LogP contribution in [0.5, 0.6) is 0 Å². The first-order valence-corrected chi connectivity index (χ1v) is 18.7. The van der Waals surface area contributed by atoms with E-state index in [4.69, 9.17) is 14.5 Å². The molecule has 0 saturated carbocycles. The van der Waals surface area contributed by atoms with E-state index in [9.17, 15) is 24.0 Å². The lowest BCUT2D eigenvalue weighted by atomic mass is 10.0. The number of H-pyrrole nitrogens is 2. The summed E-state index contributed by atoms with van der Waals surface area (Å²) in [5.41, 5.74) is 3.17. The van der Waals surface area contributed by atoms with Crippen molar-refractivity contribution in [2.45, 2.75) is 84.5 Å². The number of hydrogen-bond acceptors (Lipinski definition) is 11. The third-order valence-corrected chi connectivity index (χ3v) is 10.1. The third-order valence-electron chi connectivity index (χ3n) is 10.1. The summed E-state index contributed by atoms with van der Waals surface area (Å²) < 4.78 is 9.75. The van der Waals surface area contributed by atoms with Gasteiger partial charge in [-0.05, 0) is 62.1 Å². The molecule has 2 fully saturated rings. The molecule has 0 spiro atoms. The van der Waals surface area contributed by atoms with Crippen molar-refractivity contribution >= 4 is 40.8 Å². The number of aromatic nitrogens is 6. The highest BCUT2D eigenvalue weighted by atomic mass is 16.5. The molecule has 2 aliphatic rings. The number of alkyl carbamates (subject to hydrolysis) is 2. The van der Waals surface area contributed by atoms with Crippen molar-refractivity contribution in [3.8, 4) is 11.1 Å². The van der Waals surface area contributed by atoms with Crippen LogP contribution in [0, 0.1) is 11.8 Å². The number of aromatic amines is 2. The number of carbonyl (C=O) groups is 5. The van der Waals surface area contributed by atoms with Gasteiger partial charge in [-0.15, -0.1) is 0 Å². The van der Waals surface area contributed by atoms with Gasteiger partial charge in [0.2, 0.25) is 23.4 Å². The van der Waals surface area contributed by atoms with Crippen LogP contribution in [0.3, 0.4) is 0 Å². The number of ether oxygens (including phenoxy) is 2. The molecule has 0 radical (unpaired) electrons. The second-order valence-corrected chi connectivity index (χ2v) is 14.5. The maximum atomic E-state index is 13.7. The van der Waals surface area contributed by atoms with Gasteiger partial charge in [0.25, 0.3) is 0 Å². The lowest BCUT2D eigenvalue weighted by molar-refractivity contribution is -0.136. The minimum absolute atomic E-state index is 0.0199. The van der Waals surface area contributed by atoms with Gasteiger partial charge in [-0.25, -0.2) is 29.5 Å². The van der Waals surface area contributed by atoms with Crippen molar-refractivity contribution in [3.63, 3.8) is 0 Å². The maximum absolute atomic E-state index is 13.7. The number of benzene rings is 1. The van der Waals surface area contributed by atoms with Gasteiger partial charge >= 0.3 is 12.2 Å². The fourth-order valence-corrected chi connectivity index (χ4v) is 7.20. The topological polar surface area (TPSA) is 217 Å². The highest BCUT2D eigenvalue weighted by molar-refractivity contribution is 6.05. The molecule has 0 aliphatic carbocycles. The standard InChI is InChI=1S/C38H48N10O7/c1-7-55-38(53)46-30(21(4)5)36(51)48-15-9-11-28(48)33-42-24-13-12-22(16-25(24)43-33)23-17-39-34(40-18-23)31(49)26-19-41-32(44-26)27-10-8-14-47(27)35(50)29(20(2)3)45-37(52)54-6/h12-13,16-21,27-30H,7-11,14-15H2,1-6H3,(H,41,44)(H,42,43)(H,45,52)(H,46,53). The molecule has 17 heteroatoms. The van der Waals surface area contributed by atoms with Crippen LogP contribution < -0.4 is 10.6 Å². The van der Waals surface area contributed by atoms with E-state index in [1.165, 1.54) is 13.3 Å². The Morgan fingerprint density at radius 1 is 0.800 bits per heavy atom. The summed E-state index contributed by atoms with van der Waals surface area (Å²) in [4.78, 5) is 92.6. The monoisotopic (exact) mass is 756 g/mol. The molecule has 2 saturated heterocycles. The first-order chi connectivity index (χ1) is 26.4. The lowest BCUT2D eigenvalue weighted by Crippen LogP contribution is -2.51. The normalized spacial score (nSPS) is 18.1. The van der Waals surface area contributed by atoms with Gasteiger partial charge in [-0.2, -0.15) is 0 Å². The molecule has 4 N–H and O–H groups in total. The summed E-state index contributed by atoms with van der Waals surface area (Å²) in [6.07, 6.45) is 6.20. The summed E-state index contributed by atoms with van der Waals surface area (Å²) in [5, 5.41) is 5.35. The predicted molar refractivity (Wildman–Crippen MR) is 199 cm³/mol. The van der Waals surface area contributed by atoms with Crippen LogP contribution in [-0.4, -0.2) is 108 Å². The molecule has 55 heavy (non-hydrogen) atoms. The van der Waals surface area contributed by atoms with Crippen LogP contribution >= 0.6 is 0 Å². The number of fused-ring (bicyclic) bond motifs is 1. The molecular weight excluding hydrogens is 708 g/mol. The molecule has 4 amide bonds. The number of imidazole rings is 2. The maximum Gasteiger partial charge on any atom is 0.407 e. The van der Waals surface area contributed by atoms with Crippen LogP contribution in [-0.2, 0) is 19.1 Å². The van der Waals surface area contributed by atoms with Crippen molar-refractivity contribution in [1.82, 2.24) is 50.3 Å². The Labute approximate surface area is 318 Å². The average molecular weight is 757 g/mol. The van der Waals surface area contributed by atoms with Crippen LogP contribution in [0.1, 0.15) is 100 Å². The lowest BCUT2D eigenvalue weighted by Gasteiger charge is -2.30. The molecule has 1 aromatic carbocycles. The fraction of sp³-hybridized carbons (Fsp3) is 0.500. The van der Waals surface area contributed by atoms with E-state index in [0.29, 0.717) is 36.7 Å². The summed E-state index contributed by atoms with van der Waals surface area (Å²) in [6, 6.07) is 3.53. The zero-order valence-corrected chi connectivity index (χ0v) is 31.9. The van der Waals surface area contributed by atoms with E-state index in [0.717, 1.165) is 35.9 Å². The van der Waals surface area contributed by atoms with Crippen molar-refractivity contribution < 1.29 is 33.4 Å². The van der Waals surface area contributed by atoms with E-state index in [2.05, 4.69) is 35.6 Å². The molecule has 3 aromatic heterocycles. The summed E-state index contributed by atoms with van der Waals surface area (Å²) in [6.45, 7) is 10.4. The zero-order chi connectivity index (χ0) is 39.4. The smallest absolute Gasteiger partial charge is 0.407 e. The first kappa shape index (κ1) is 38.8. The Morgan fingerprint density at radius 3 is 1.98 bits per heavy atom. The van der Waals surface area contributed by atoms with Crippen molar-refractivity contribution in [2.24, 2.45) is 11.8 Å². The molecule has 5 heterocycles. The molecule has 0 bridgehead atoms. The van der Waals surface area contributed by atoms with E-state index in [1.807, 2.05) is 45.9 Å². The number of amides is 4. The quantitative estimate of drug-likeness (QED) is 0.148. The number of nitrogens with zero attached hydrogens (tertiary/aromatic N) is 6. The second-order valence-electron chi connectivity index (χ2n) is 14.5. The molecule has 17 nitrogen and oxygen atoms in total. The number of rotatable bonds is 12.